The molecule has 0 spiro atoms. The lowest BCUT2D eigenvalue weighted by molar-refractivity contribution is -0.139. The first-order valence-corrected chi connectivity index (χ1v) is 9.19. The molecule has 1 aliphatic rings. The van der Waals surface area contributed by atoms with E-state index in [-0.39, 0.29) is 23.5 Å². The van der Waals surface area contributed by atoms with Crippen LogP contribution in [0.2, 0.25) is 5.15 Å². The van der Waals surface area contributed by atoms with Crippen LogP contribution in [0.15, 0.2) is 30.5 Å². The Morgan fingerprint density at radius 2 is 2.00 bits per heavy atom. The van der Waals surface area contributed by atoms with E-state index in [0.717, 1.165) is 6.07 Å². The average Bonchev–Trinajstić information content (AvgIpc) is 2.67. The van der Waals surface area contributed by atoms with Crippen LogP contribution in [-0.2, 0) is 6.18 Å². The molecule has 0 saturated heterocycles. The molecule has 0 radical (unpaired) electrons. The largest absolute Gasteiger partial charge is 0.489 e. The SMILES string of the molecule is C[C@@H]1COc2c(cccc2C(F)(F)F)[C@@H](C)Nc2nc(nc3cnc(Cl)cc23)O1. The van der Waals surface area contributed by atoms with Gasteiger partial charge >= 0.3 is 12.2 Å². The van der Waals surface area contributed by atoms with Crippen LogP contribution in [0.3, 0.4) is 0 Å². The molecule has 1 aromatic carbocycles. The molecule has 2 bridgehead atoms. The minimum atomic E-state index is -4.56. The summed E-state index contributed by atoms with van der Waals surface area (Å²) in [4.78, 5) is 12.7. The predicted octanol–water partition coefficient (Wildman–Crippen LogP) is 5.03. The third kappa shape index (κ3) is 3.87. The number of fused-ring (bicyclic) bond motifs is 5. The molecule has 3 aromatic rings. The van der Waals surface area contributed by atoms with Crippen LogP contribution in [0.1, 0.15) is 31.0 Å². The van der Waals surface area contributed by atoms with E-state index in [1.807, 2.05) is 0 Å². The number of nitrogens with zero attached hydrogens (tertiary/aromatic N) is 3. The van der Waals surface area contributed by atoms with Crippen molar-refractivity contribution in [3.8, 4) is 11.8 Å². The number of para-hydroxylation sites is 1. The van der Waals surface area contributed by atoms with Gasteiger partial charge in [0.25, 0.3) is 0 Å². The minimum Gasteiger partial charge on any atom is -0.489 e. The van der Waals surface area contributed by atoms with Gasteiger partial charge in [-0.2, -0.15) is 23.1 Å². The molecule has 29 heavy (non-hydrogen) atoms. The van der Waals surface area contributed by atoms with Crippen LogP contribution < -0.4 is 14.8 Å². The Morgan fingerprint density at radius 1 is 1.21 bits per heavy atom. The summed E-state index contributed by atoms with van der Waals surface area (Å²) >= 11 is 6.00. The lowest BCUT2D eigenvalue weighted by atomic mass is 10.0. The van der Waals surface area contributed by atoms with Gasteiger partial charge in [-0.25, -0.2) is 4.98 Å². The Morgan fingerprint density at radius 3 is 2.76 bits per heavy atom. The standard InChI is InChI=1S/C19H16ClF3N4O2/c1-9-8-28-16-11(4-3-5-13(16)19(21,22)23)10(2)25-17-12-6-15(20)24-7-14(12)26-18(27-17)29-9/h3-7,9-10H,8H2,1-2H3,(H,25,26,27)/t9-,10-/m1/s1. The molecule has 152 valence electrons. The first-order valence-electron chi connectivity index (χ1n) is 8.82. The van der Waals surface area contributed by atoms with E-state index in [9.17, 15) is 13.2 Å². The summed E-state index contributed by atoms with van der Waals surface area (Å²) in [5, 5.41) is 3.95. The molecule has 1 aliphatic heterocycles. The molecule has 0 fully saturated rings. The monoisotopic (exact) mass is 424 g/mol. The molecule has 0 unspecified atom stereocenters. The molecule has 0 aliphatic carbocycles. The summed E-state index contributed by atoms with van der Waals surface area (Å²) in [6.45, 7) is 3.28. The van der Waals surface area contributed by atoms with E-state index in [2.05, 4.69) is 20.3 Å². The van der Waals surface area contributed by atoms with Gasteiger partial charge in [-0.15, -0.1) is 0 Å². The quantitative estimate of drug-likeness (QED) is 0.510. The smallest absolute Gasteiger partial charge is 0.419 e. The van der Waals surface area contributed by atoms with Gasteiger partial charge in [0.1, 0.15) is 29.4 Å². The second-order valence-corrected chi connectivity index (χ2v) is 7.09. The molecule has 0 amide bonds. The zero-order valence-electron chi connectivity index (χ0n) is 15.4. The van der Waals surface area contributed by atoms with E-state index >= 15 is 0 Å². The average molecular weight is 425 g/mol. The zero-order chi connectivity index (χ0) is 20.8. The van der Waals surface area contributed by atoms with Crippen molar-refractivity contribution in [3.05, 3.63) is 46.7 Å². The normalized spacial score (nSPS) is 19.4. The van der Waals surface area contributed by atoms with Crippen molar-refractivity contribution >= 4 is 28.3 Å². The Kier molecular flexibility index (Phi) is 4.85. The number of ether oxygens (including phenoxy) is 2. The summed E-state index contributed by atoms with van der Waals surface area (Å²) < 4.78 is 51.9. The number of hydrogen-bond donors (Lipinski definition) is 1. The lowest BCUT2D eigenvalue weighted by Gasteiger charge is -2.22. The molecule has 10 heteroatoms. The van der Waals surface area contributed by atoms with Gasteiger partial charge in [0.2, 0.25) is 0 Å². The second kappa shape index (κ2) is 7.22. The van der Waals surface area contributed by atoms with Crippen molar-refractivity contribution < 1.29 is 22.6 Å². The zero-order valence-corrected chi connectivity index (χ0v) is 16.2. The molecular weight excluding hydrogens is 409 g/mol. The van der Waals surface area contributed by atoms with E-state index in [4.69, 9.17) is 21.1 Å². The fourth-order valence-corrected chi connectivity index (χ4v) is 3.28. The van der Waals surface area contributed by atoms with E-state index in [1.165, 1.54) is 12.3 Å². The highest BCUT2D eigenvalue weighted by Gasteiger charge is 2.36. The number of nitrogens with one attached hydrogen (secondary N) is 1. The summed E-state index contributed by atoms with van der Waals surface area (Å²) in [7, 11) is 0. The molecule has 3 heterocycles. The Hall–Kier alpha value is -2.81. The highest BCUT2D eigenvalue weighted by atomic mass is 35.5. The minimum absolute atomic E-state index is 0.0643. The van der Waals surface area contributed by atoms with Gasteiger partial charge in [0.05, 0.1) is 23.3 Å². The van der Waals surface area contributed by atoms with Crippen molar-refractivity contribution in [2.75, 3.05) is 11.9 Å². The topological polar surface area (TPSA) is 69.2 Å². The van der Waals surface area contributed by atoms with Crippen LogP contribution in [0, 0.1) is 0 Å². The van der Waals surface area contributed by atoms with Crippen LogP contribution >= 0.6 is 11.6 Å². The van der Waals surface area contributed by atoms with Gasteiger partial charge < -0.3 is 14.8 Å². The highest BCUT2D eigenvalue weighted by molar-refractivity contribution is 6.30. The van der Waals surface area contributed by atoms with Gasteiger partial charge in [0, 0.05) is 10.9 Å². The van der Waals surface area contributed by atoms with Crippen molar-refractivity contribution in [2.24, 2.45) is 0 Å². The second-order valence-electron chi connectivity index (χ2n) is 6.71. The first kappa shape index (κ1) is 19.5. The van der Waals surface area contributed by atoms with Crippen LogP contribution in [0.5, 0.6) is 11.8 Å². The Balaban J connectivity index is 1.89. The fourth-order valence-electron chi connectivity index (χ4n) is 3.13. The number of hydrogen-bond acceptors (Lipinski definition) is 6. The van der Waals surface area contributed by atoms with Gasteiger partial charge in [0.15, 0.2) is 0 Å². The van der Waals surface area contributed by atoms with Gasteiger partial charge in [-0.1, -0.05) is 23.7 Å². The molecule has 0 saturated carbocycles. The number of aromatic nitrogens is 3. The molecule has 2 atom stereocenters. The molecule has 6 nitrogen and oxygen atoms in total. The summed E-state index contributed by atoms with van der Waals surface area (Å²) in [6.07, 6.45) is -3.67. The van der Waals surface area contributed by atoms with Crippen molar-refractivity contribution in [1.82, 2.24) is 15.0 Å². The van der Waals surface area contributed by atoms with E-state index < -0.39 is 23.9 Å². The molecular formula is C19H16ClF3N4O2. The Bertz CT molecular complexity index is 1080. The van der Waals surface area contributed by atoms with E-state index in [1.54, 1.807) is 26.0 Å². The van der Waals surface area contributed by atoms with Crippen LogP contribution in [-0.4, -0.2) is 27.7 Å². The number of alkyl halides is 3. The fraction of sp³-hybridized carbons (Fsp3) is 0.316. The maximum Gasteiger partial charge on any atom is 0.419 e. The highest BCUT2D eigenvalue weighted by Crippen LogP contribution is 2.41. The molecule has 1 N–H and O–H groups in total. The van der Waals surface area contributed by atoms with E-state index in [0.29, 0.717) is 22.3 Å². The van der Waals surface area contributed by atoms with Gasteiger partial charge in [-0.3, -0.25) is 0 Å². The van der Waals surface area contributed by atoms with Gasteiger partial charge in [-0.05, 0) is 26.0 Å². The Labute approximate surface area is 169 Å². The van der Waals surface area contributed by atoms with Crippen molar-refractivity contribution in [2.45, 2.75) is 32.2 Å². The third-order valence-electron chi connectivity index (χ3n) is 4.47. The van der Waals surface area contributed by atoms with Crippen molar-refractivity contribution in [3.63, 3.8) is 0 Å². The summed E-state index contributed by atoms with van der Waals surface area (Å²) in [5.74, 6) is 0.140. The van der Waals surface area contributed by atoms with Crippen LogP contribution in [0.4, 0.5) is 19.0 Å². The number of anilines is 1. The summed E-state index contributed by atoms with van der Waals surface area (Å²) in [5.41, 5.74) is -0.00175. The van der Waals surface area contributed by atoms with Crippen molar-refractivity contribution in [1.29, 1.82) is 0 Å². The summed E-state index contributed by atoms with van der Waals surface area (Å²) in [6, 6.07) is 5.03. The molecule has 4 rings (SSSR count). The molecule has 2 aromatic heterocycles. The number of halogens is 4. The number of rotatable bonds is 0. The predicted molar refractivity (Wildman–Crippen MR) is 101 cm³/mol. The third-order valence-corrected chi connectivity index (χ3v) is 4.67. The number of benzene rings is 1. The first-order chi connectivity index (χ1) is 13.7. The maximum atomic E-state index is 13.6. The lowest BCUT2D eigenvalue weighted by Crippen LogP contribution is -2.23. The maximum absolute atomic E-state index is 13.6. The van der Waals surface area contributed by atoms with Crippen LogP contribution in [0.25, 0.3) is 10.9 Å². The number of pyridine rings is 1.